The first-order valence-electron chi connectivity index (χ1n) is 7.92. The number of carbonyl (C=O) groups excluding carboxylic acids is 2. The van der Waals surface area contributed by atoms with Crippen molar-refractivity contribution in [3.8, 4) is 5.75 Å². The number of amides is 2. The molecule has 0 aromatic heterocycles. The molecular formula is C19H20N2O3. The summed E-state index contributed by atoms with van der Waals surface area (Å²) in [6.07, 6.45) is 0.591. The van der Waals surface area contributed by atoms with E-state index in [-0.39, 0.29) is 11.8 Å². The number of benzene rings is 2. The molecule has 0 aliphatic carbocycles. The number of hydrogen-bond donors (Lipinski definition) is 1. The Morgan fingerprint density at radius 1 is 1.17 bits per heavy atom. The maximum absolute atomic E-state index is 12.6. The van der Waals surface area contributed by atoms with Crippen molar-refractivity contribution >= 4 is 17.5 Å². The summed E-state index contributed by atoms with van der Waals surface area (Å²) >= 11 is 0. The number of ether oxygens (including phenoxy) is 1. The first-order valence-corrected chi connectivity index (χ1v) is 7.92. The smallest absolute Gasteiger partial charge is 0.255 e. The van der Waals surface area contributed by atoms with Crippen LogP contribution in [0, 0.1) is 6.92 Å². The van der Waals surface area contributed by atoms with E-state index in [1.807, 2.05) is 31.2 Å². The molecule has 0 bridgehead atoms. The average Bonchev–Trinajstić information content (AvgIpc) is 2.96. The molecule has 2 aromatic carbocycles. The van der Waals surface area contributed by atoms with E-state index in [1.165, 1.54) is 7.11 Å². The topological polar surface area (TPSA) is 58.6 Å². The van der Waals surface area contributed by atoms with Crippen LogP contribution in [-0.4, -0.2) is 31.5 Å². The number of carbonyl (C=O) groups is 2. The van der Waals surface area contributed by atoms with Crippen LogP contribution < -0.4 is 15.0 Å². The Morgan fingerprint density at radius 3 is 2.58 bits per heavy atom. The van der Waals surface area contributed by atoms with Crippen molar-refractivity contribution in [1.82, 2.24) is 5.32 Å². The molecule has 124 valence electrons. The molecule has 0 saturated carbocycles. The zero-order valence-corrected chi connectivity index (χ0v) is 13.8. The SMILES string of the molecule is COc1ccccc1C(=O)N[C@H]1CCN(c2ccc(C)cc2)C1=O. The third-order valence-electron chi connectivity index (χ3n) is 4.21. The van der Waals surface area contributed by atoms with Crippen LogP contribution in [0.2, 0.25) is 0 Å². The molecule has 1 fully saturated rings. The maximum atomic E-state index is 12.6. The molecule has 0 spiro atoms. The van der Waals surface area contributed by atoms with Gasteiger partial charge in [0.25, 0.3) is 5.91 Å². The lowest BCUT2D eigenvalue weighted by molar-refractivity contribution is -0.118. The van der Waals surface area contributed by atoms with Gasteiger partial charge in [-0.05, 0) is 37.6 Å². The summed E-state index contributed by atoms with van der Waals surface area (Å²) in [5.41, 5.74) is 2.44. The van der Waals surface area contributed by atoms with Crippen LogP contribution in [0.1, 0.15) is 22.3 Å². The number of nitrogens with zero attached hydrogens (tertiary/aromatic N) is 1. The van der Waals surface area contributed by atoms with Gasteiger partial charge in [-0.1, -0.05) is 29.8 Å². The molecule has 1 heterocycles. The Balaban J connectivity index is 1.71. The fraction of sp³-hybridized carbons (Fsp3) is 0.263. The van der Waals surface area contributed by atoms with Crippen LogP contribution in [0.5, 0.6) is 5.75 Å². The van der Waals surface area contributed by atoms with Gasteiger partial charge in [0.05, 0.1) is 12.7 Å². The van der Waals surface area contributed by atoms with E-state index >= 15 is 0 Å². The second-order valence-electron chi connectivity index (χ2n) is 5.84. The van der Waals surface area contributed by atoms with E-state index < -0.39 is 6.04 Å². The van der Waals surface area contributed by atoms with E-state index in [4.69, 9.17) is 4.74 Å². The molecular weight excluding hydrogens is 304 g/mol. The van der Waals surface area contributed by atoms with Crippen molar-refractivity contribution in [3.63, 3.8) is 0 Å². The summed E-state index contributed by atoms with van der Waals surface area (Å²) in [6, 6.07) is 14.3. The summed E-state index contributed by atoms with van der Waals surface area (Å²) in [4.78, 5) is 26.8. The highest BCUT2D eigenvalue weighted by molar-refractivity contribution is 6.04. The maximum Gasteiger partial charge on any atom is 0.255 e. The Bertz CT molecular complexity index is 755. The number of anilines is 1. The minimum Gasteiger partial charge on any atom is -0.496 e. The van der Waals surface area contributed by atoms with Crippen molar-refractivity contribution < 1.29 is 14.3 Å². The van der Waals surface area contributed by atoms with Crippen LogP contribution in [0.15, 0.2) is 48.5 Å². The van der Waals surface area contributed by atoms with E-state index in [0.29, 0.717) is 24.3 Å². The van der Waals surface area contributed by atoms with Gasteiger partial charge in [-0.25, -0.2) is 0 Å². The standard InChI is InChI=1S/C19H20N2O3/c1-13-7-9-14(10-8-13)21-12-11-16(19(21)23)20-18(22)15-5-3-4-6-17(15)24-2/h3-10,16H,11-12H2,1-2H3,(H,20,22)/t16-/m0/s1. The molecule has 3 rings (SSSR count). The van der Waals surface area contributed by atoms with E-state index in [2.05, 4.69) is 5.32 Å². The summed E-state index contributed by atoms with van der Waals surface area (Å²) in [5.74, 6) is 0.120. The number of hydrogen-bond acceptors (Lipinski definition) is 3. The Kier molecular flexibility index (Phi) is 4.51. The highest BCUT2D eigenvalue weighted by atomic mass is 16.5. The highest BCUT2D eigenvalue weighted by Gasteiger charge is 2.34. The number of para-hydroxylation sites is 1. The van der Waals surface area contributed by atoms with Gasteiger partial charge in [0.2, 0.25) is 5.91 Å². The fourth-order valence-corrected chi connectivity index (χ4v) is 2.86. The van der Waals surface area contributed by atoms with E-state index in [9.17, 15) is 9.59 Å². The van der Waals surface area contributed by atoms with E-state index in [0.717, 1.165) is 11.3 Å². The second-order valence-corrected chi connectivity index (χ2v) is 5.84. The van der Waals surface area contributed by atoms with Gasteiger partial charge in [0.1, 0.15) is 11.8 Å². The van der Waals surface area contributed by atoms with Gasteiger partial charge in [0.15, 0.2) is 0 Å². The minimum atomic E-state index is -0.510. The summed E-state index contributed by atoms with van der Waals surface area (Å²) in [6.45, 7) is 2.60. The van der Waals surface area contributed by atoms with Crippen molar-refractivity contribution in [3.05, 3.63) is 59.7 Å². The first-order chi connectivity index (χ1) is 11.6. The molecule has 2 aromatic rings. The molecule has 1 aliphatic heterocycles. The molecule has 5 heteroatoms. The Morgan fingerprint density at radius 2 is 1.88 bits per heavy atom. The molecule has 0 radical (unpaired) electrons. The largest absolute Gasteiger partial charge is 0.496 e. The van der Waals surface area contributed by atoms with Crippen molar-refractivity contribution in [2.24, 2.45) is 0 Å². The third kappa shape index (κ3) is 3.11. The minimum absolute atomic E-state index is 0.0814. The average molecular weight is 324 g/mol. The van der Waals surface area contributed by atoms with Gasteiger partial charge in [-0.2, -0.15) is 0 Å². The van der Waals surface area contributed by atoms with Gasteiger partial charge >= 0.3 is 0 Å². The third-order valence-corrected chi connectivity index (χ3v) is 4.21. The summed E-state index contributed by atoms with van der Waals surface area (Å²) < 4.78 is 5.20. The van der Waals surface area contributed by atoms with Gasteiger partial charge in [-0.15, -0.1) is 0 Å². The van der Waals surface area contributed by atoms with Gasteiger partial charge in [0, 0.05) is 12.2 Å². The highest BCUT2D eigenvalue weighted by Crippen LogP contribution is 2.23. The quantitative estimate of drug-likeness (QED) is 0.940. The van der Waals surface area contributed by atoms with Crippen LogP contribution in [0.25, 0.3) is 0 Å². The Labute approximate surface area is 141 Å². The molecule has 1 aliphatic rings. The lowest BCUT2D eigenvalue weighted by Gasteiger charge is -2.18. The number of methoxy groups -OCH3 is 1. The Hall–Kier alpha value is -2.82. The number of aryl methyl sites for hydroxylation is 1. The molecule has 0 unspecified atom stereocenters. The normalized spacial score (nSPS) is 17.0. The monoisotopic (exact) mass is 324 g/mol. The van der Waals surface area contributed by atoms with Crippen LogP contribution in [0.4, 0.5) is 5.69 Å². The van der Waals surface area contributed by atoms with Crippen molar-refractivity contribution in [2.45, 2.75) is 19.4 Å². The summed E-state index contributed by atoms with van der Waals surface area (Å²) in [5, 5.41) is 2.82. The molecule has 1 atom stereocenters. The van der Waals surface area contributed by atoms with Crippen LogP contribution >= 0.6 is 0 Å². The zero-order valence-electron chi connectivity index (χ0n) is 13.8. The lowest BCUT2D eigenvalue weighted by atomic mass is 10.1. The summed E-state index contributed by atoms with van der Waals surface area (Å²) in [7, 11) is 1.52. The number of nitrogens with one attached hydrogen (secondary N) is 1. The molecule has 1 N–H and O–H groups in total. The fourth-order valence-electron chi connectivity index (χ4n) is 2.86. The predicted octanol–water partition coefficient (Wildman–Crippen LogP) is 2.54. The van der Waals surface area contributed by atoms with Crippen molar-refractivity contribution in [1.29, 1.82) is 0 Å². The molecule has 1 saturated heterocycles. The first kappa shape index (κ1) is 16.1. The number of rotatable bonds is 4. The zero-order chi connectivity index (χ0) is 17.1. The van der Waals surface area contributed by atoms with Crippen molar-refractivity contribution in [2.75, 3.05) is 18.6 Å². The van der Waals surface area contributed by atoms with Gasteiger partial charge < -0.3 is 15.0 Å². The molecule has 2 amide bonds. The van der Waals surface area contributed by atoms with Crippen LogP contribution in [0.3, 0.4) is 0 Å². The van der Waals surface area contributed by atoms with Gasteiger partial charge in [-0.3, -0.25) is 9.59 Å². The second kappa shape index (κ2) is 6.74. The van der Waals surface area contributed by atoms with E-state index in [1.54, 1.807) is 29.2 Å². The lowest BCUT2D eigenvalue weighted by Crippen LogP contribution is -2.41. The molecule has 24 heavy (non-hydrogen) atoms. The predicted molar refractivity (Wildman–Crippen MR) is 92.4 cm³/mol. The molecule has 5 nitrogen and oxygen atoms in total. The van der Waals surface area contributed by atoms with Crippen LogP contribution in [-0.2, 0) is 4.79 Å².